The van der Waals surface area contributed by atoms with E-state index in [1.54, 1.807) is 30.2 Å². The van der Waals surface area contributed by atoms with Crippen LogP contribution in [0.15, 0.2) is 58.2 Å². The first-order chi connectivity index (χ1) is 9.34. The lowest BCUT2D eigenvalue weighted by Gasteiger charge is -2.00. The molecule has 0 aliphatic rings. The molecule has 0 saturated heterocycles. The number of benzene rings is 1. The molecule has 0 unspecified atom stereocenters. The summed E-state index contributed by atoms with van der Waals surface area (Å²) in [6.45, 7) is 0. The van der Waals surface area contributed by atoms with Crippen LogP contribution < -0.4 is 5.43 Å². The average molecular weight is 274 g/mol. The van der Waals surface area contributed by atoms with Crippen LogP contribution in [0, 0.1) is 0 Å². The lowest BCUT2D eigenvalue weighted by molar-refractivity contribution is -0.118. The van der Waals surface area contributed by atoms with Crippen molar-refractivity contribution >= 4 is 23.9 Å². The predicted octanol–water partition coefficient (Wildman–Crippen LogP) is 2.66. The molecule has 2 rings (SSSR count). The summed E-state index contributed by atoms with van der Waals surface area (Å²) in [6, 6.07) is 13.6. The molecule has 0 aliphatic heterocycles. The van der Waals surface area contributed by atoms with Gasteiger partial charge in [0.25, 0.3) is 0 Å². The van der Waals surface area contributed by atoms with E-state index in [1.807, 2.05) is 30.3 Å². The van der Waals surface area contributed by atoms with Crippen molar-refractivity contribution in [3.8, 4) is 0 Å². The quantitative estimate of drug-likeness (QED) is 0.651. The minimum Gasteiger partial charge on any atom is -0.463 e. The topological polar surface area (TPSA) is 54.6 Å². The highest BCUT2D eigenvalue weighted by Gasteiger charge is 2.00. The van der Waals surface area contributed by atoms with Crippen LogP contribution in [0.2, 0.25) is 0 Å². The van der Waals surface area contributed by atoms with E-state index in [0.29, 0.717) is 11.5 Å². The van der Waals surface area contributed by atoms with Gasteiger partial charge in [0, 0.05) is 5.75 Å². The number of amides is 1. The standard InChI is InChI=1S/C14H14N2O2S/c17-14(16-15-9-13-7-4-8-18-13)11-19-10-12-5-2-1-3-6-12/h1-9H,10-11H2,(H,16,17). The maximum Gasteiger partial charge on any atom is 0.250 e. The third-order valence-electron chi connectivity index (χ3n) is 2.27. The number of hydrazone groups is 1. The van der Waals surface area contributed by atoms with Crippen LogP contribution in [0.1, 0.15) is 11.3 Å². The summed E-state index contributed by atoms with van der Waals surface area (Å²) in [5.41, 5.74) is 3.66. The Bertz CT molecular complexity index is 524. The smallest absolute Gasteiger partial charge is 0.250 e. The second-order valence-corrected chi connectivity index (χ2v) is 4.77. The number of hydrogen-bond acceptors (Lipinski definition) is 4. The number of nitrogens with zero attached hydrogens (tertiary/aromatic N) is 1. The molecule has 0 atom stereocenters. The molecule has 1 aromatic carbocycles. The molecular weight excluding hydrogens is 260 g/mol. The van der Waals surface area contributed by atoms with Crippen LogP contribution in [0.3, 0.4) is 0 Å². The Kier molecular flexibility index (Phi) is 5.25. The van der Waals surface area contributed by atoms with E-state index < -0.39 is 0 Å². The second-order valence-electron chi connectivity index (χ2n) is 3.79. The molecule has 5 heteroatoms. The molecule has 0 fully saturated rings. The van der Waals surface area contributed by atoms with E-state index in [0.717, 1.165) is 5.75 Å². The summed E-state index contributed by atoms with van der Waals surface area (Å²) < 4.78 is 5.05. The molecule has 19 heavy (non-hydrogen) atoms. The molecule has 0 bridgehead atoms. The Labute approximate surface area is 115 Å². The first-order valence-corrected chi connectivity index (χ1v) is 6.97. The van der Waals surface area contributed by atoms with Gasteiger partial charge in [-0.25, -0.2) is 5.43 Å². The zero-order chi connectivity index (χ0) is 13.3. The molecule has 1 heterocycles. The van der Waals surface area contributed by atoms with Crippen LogP contribution >= 0.6 is 11.8 Å². The fourth-order valence-corrected chi connectivity index (χ4v) is 2.18. The Hall–Kier alpha value is -2.01. The van der Waals surface area contributed by atoms with E-state index in [4.69, 9.17) is 4.42 Å². The molecule has 2 aromatic rings. The number of thioether (sulfide) groups is 1. The number of carbonyl (C=O) groups is 1. The highest BCUT2D eigenvalue weighted by Crippen LogP contribution is 2.10. The Morgan fingerprint density at radius 1 is 1.26 bits per heavy atom. The SMILES string of the molecule is O=C(CSCc1ccccc1)NN=Cc1ccco1. The summed E-state index contributed by atoms with van der Waals surface area (Å²) in [6.07, 6.45) is 3.03. The molecule has 1 aromatic heterocycles. The zero-order valence-electron chi connectivity index (χ0n) is 10.3. The summed E-state index contributed by atoms with van der Waals surface area (Å²) in [7, 11) is 0. The minimum absolute atomic E-state index is 0.122. The van der Waals surface area contributed by atoms with Crippen molar-refractivity contribution in [2.24, 2.45) is 5.10 Å². The van der Waals surface area contributed by atoms with Gasteiger partial charge in [0.1, 0.15) is 5.76 Å². The highest BCUT2D eigenvalue weighted by atomic mass is 32.2. The Balaban J connectivity index is 1.65. The number of hydrogen-bond donors (Lipinski definition) is 1. The second kappa shape index (κ2) is 7.43. The third kappa shape index (κ3) is 5.01. The summed E-state index contributed by atoms with van der Waals surface area (Å²) in [4.78, 5) is 11.5. The van der Waals surface area contributed by atoms with Crippen molar-refractivity contribution < 1.29 is 9.21 Å². The number of rotatable bonds is 6. The average Bonchev–Trinajstić information content (AvgIpc) is 2.93. The first kappa shape index (κ1) is 13.4. The van der Waals surface area contributed by atoms with Crippen LogP contribution in [0.4, 0.5) is 0 Å². The summed E-state index contributed by atoms with van der Waals surface area (Å²) >= 11 is 1.55. The van der Waals surface area contributed by atoms with Crippen molar-refractivity contribution in [3.63, 3.8) is 0 Å². The van der Waals surface area contributed by atoms with E-state index in [9.17, 15) is 4.79 Å². The fraction of sp³-hybridized carbons (Fsp3) is 0.143. The van der Waals surface area contributed by atoms with E-state index in [1.165, 1.54) is 11.8 Å². The molecule has 0 radical (unpaired) electrons. The Morgan fingerprint density at radius 2 is 2.11 bits per heavy atom. The van der Waals surface area contributed by atoms with Crippen molar-refractivity contribution in [2.45, 2.75) is 5.75 Å². The highest BCUT2D eigenvalue weighted by molar-refractivity contribution is 7.99. The summed E-state index contributed by atoms with van der Waals surface area (Å²) in [5, 5.41) is 3.81. The molecule has 98 valence electrons. The van der Waals surface area contributed by atoms with Gasteiger partial charge >= 0.3 is 0 Å². The van der Waals surface area contributed by atoms with Gasteiger partial charge in [-0.3, -0.25) is 4.79 Å². The third-order valence-corrected chi connectivity index (χ3v) is 3.27. The van der Waals surface area contributed by atoms with Crippen molar-refractivity contribution in [1.29, 1.82) is 0 Å². The summed E-state index contributed by atoms with van der Waals surface area (Å²) in [5.74, 6) is 1.68. The van der Waals surface area contributed by atoms with Gasteiger partial charge in [0.15, 0.2) is 0 Å². The van der Waals surface area contributed by atoms with Crippen LogP contribution in [0.5, 0.6) is 0 Å². The zero-order valence-corrected chi connectivity index (χ0v) is 11.1. The number of furan rings is 1. The monoisotopic (exact) mass is 274 g/mol. The predicted molar refractivity (Wildman–Crippen MR) is 77.0 cm³/mol. The number of carbonyl (C=O) groups excluding carboxylic acids is 1. The van der Waals surface area contributed by atoms with E-state index in [2.05, 4.69) is 10.5 Å². The molecule has 4 nitrogen and oxygen atoms in total. The largest absolute Gasteiger partial charge is 0.463 e. The van der Waals surface area contributed by atoms with Gasteiger partial charge in [0.2, 0.25) is 5.91 Å². The van der Waals surface area contributed by atoms with Crippen LogP contribution in [-0.4, -0.2) is 17.9 Å². The minimum atomic E-state index is -0.122. The first-order valence-electron chi connectivity index (χ1n) is 5.81. The molecule has 1 N–H and O–H groups in total. The van der Waals surface area contributed by atoms with Crippen LogP contribution in [-0.2, 0) is 10.5 Å². The van der Waals surface area contributed by atoms with Gasteiger partial charge in [-0.05, 0) is 17.7 Å². The van der Waals surface area contributed by atoms with Crippen molar-refractivity contribution in [2.75, 3.05) is 5.75 Å². The molecule has 0 saturated carbocycles. The lowest BCUT2D eigenvalue weighted by atomic mass is 10.2. The lowest BCUT2D eigenvalue weighted by Crippen LogP contribution is -2.19. The van der Waals surface area contributed by atoms with Gasteiger partial charge in [-0.2, -0.15) is 5.10 Å². The molecule has 0 aliphatic carbocycles. The maximum absolute atomic E-state index is 11.5. The fourth-order valence-electron chi connectivity index (χ4n) is 1.40. The van der Waals surface area contributed by atoms with Gasteiger partial charge in [0.05, 0.1) is 18.2 Å². The Morgan fingerprint density at radius 3 is 2.84 bits per heavy atom. The van der Waals surface area contributed by atoms with Gasteiger partial charge in [-0.1, -0.05) is 30.3 Å². The van der Waals surface area contributed by atoms with Gasteiger partial charge in [-0.15, -0.1) is 11.8 Å². The molecule has 0 spiro atoms. The van der Waals surface area contributed by atoms with E-state index >= 15 is 0 Å². The number of nitrogens with one attached hydrogen (secondary N) is 1. The van der Waals surface area contributed by atoms with Crippen molar-refractivity contribution in [3.05, 3.63) is 60.1 Å². The molecule has 1 amide bonds. The van der Waals surface area contributed by atoms with Crippen molar-refractivity contribution in [1.82, 2.24) is 5.43 Å². The van der Waals surface area contributed by atoms with Crippen LogP contribution in [0.25, 0.3) is 0 Å². The van der Waals surface area contributed by atoms with Gasteiger partial charge < -0.3 is 4.42 Å². The van der Waals surface area contributed by atoms with E-state index in [-0.39, 0.29) is 5.91 Å². The normalized spacial score (nSPS) is 10.7. The maximum atomic E-state index is 11.5. The molecular formula is C14H14N2O2S.